The summed E-state index contributed by atoms with van der Waals surface area (Å²) in [6.07, 6.45) is 2.74. The largest absolute Gasteiger partial charge is 0.545 e. The van der Waals surface area contributed by atoms with Crippen molar-refractivity contribution >= 4 is 14.3 Å². The van der Waals surface area contributed by atoms with Crippen LogP contribution in [0.1, 0.15) is 89.5 Å². The first kappa shape index (κ1) is 25.0. The predicted octanol–water partition coefficient (Wildman–Crippen LogP) is 7.40. The summed E-state index contributed by atoms with van der Waals surface area (Å²) >= 11 is 0. The van der Waals surface area contributed by atoms with Gasteiger partial charge < -0.3 is 9.16 Å². The molecule has 3 nitrogen and oxygen atoms in total. The molecule has 0 aromatic rings. The van der Waals surface area contributed by atoms with Gasteiger partial charge in [0.15, 0.2) is 0 Å². The Morgan fingerprint density at radius 3 is 1.86 bits per heavy atom. The van der Waals surface area contributed by atoms with E-state index in [1.165, 1.54) is 0 Å². The number of hydrogen-bond donors (Lipinski definition) is 0. The summed E-state index contributed by atoms with van der Waals surface area (Å²) in [7, 11) is -2.36. The van der Waals surface area contributed by atoms with Crippen molar-refractivity contribution in [3.63, 3.8) is 0 Å². The van der Waals surface area contributed by atoms with Gasteiger partial charge in [-0.25, -0.2) is 0 Å². The van der Waals surface area contributed by atoms with E-state index in [9.17, 15) is 4.79 Å². The van der Waals surface area contributed by atoms with Crippen LogP contribution >= 0.6 is 0 Å². The van der Waals surface area contributed by atoms with Gasteiger partial charge in [0.2, 0.25) is 0 Å². The molecule has 2 atom stereocenters. The van der Waals surface area contributed by atoms with E-state index in [1.54, 1.807) is 0 Å². The molecule has 0 radical (unpaired) electrons. The van der Waals surface area contributed by atoms with E-state index in [2.05, 4.69) is 81.9 Å². The highest BCUT2D eigenvalue weighted by Crippen LogP contribution is 2.63. The standard InChI is InChI=1S/C24H44O3Si/c1-14-26-20(25)24(13)17(2)15-19(16-18(24)3)27-28(21(4,5)6,22(7,8)9)23(10,11)12/h16,18H,2,14-15H2,1,3-13H3/t18-,24-/m1/s1. The van der Waals surface area contributed by atoms with Gasteiger partial charge in [-0.1, -0.05) is 81.4 Å². The molecular formula is C24H44O3Si. The first-order valence-corrected chi connectivity index (χ1v) is 12.5. The fourth-order valence-electron chi connectivity index (χ4n) is 5.93. The molecule has 0 saturated heterocycles. The van der Waals surface area contributed by atoms with Crippen LogP contribution in [0.5, 0.6) is 0 Å². The molecule has 0 bridgehead atoms. The van der Waals surface area contributed by atoms with Gasteiger partial charge in [0, 0.05) is 6.42 Å². The normalized spacial score (nSPS) is 24.6. The smallest absolute Gasteiger partial charge is 0.316 e. The molecular weight excluding hydrogens is 364 g/mol. The van der Waals surface area contributed by atoms with E-state index in [1.807, 2.05) is 13.8 Å². The van der Waals surface area contributed by atoms with Gasteiger partial charge in [0.05, 0.1) is 17.8 Å². The molecule has 4 heteroatoms. The maximum Gasteiger partial charge on any atom is 0.316 e. The van der Waals surface area contributed by atoms with Gasteiger partial charge in [0.25, 0.3) is 8.32 Å². The third kappa shape index (κ3) is 3.99. The number of carbonyl (C=O) groups is 1. The van der Waals surface area contributed by atoms with Crippen LogP contribution in [0.4, 0.5) is 0 Å². The zero-order valence-electron chi connectivity index (χ0n) is 20.5. The molecule has 0 N–H and O–H groups in total. The molecule has 0 saturated carbocycles. The summed E-state index contributed by atoms with van der Waals surface area (Å²) in [5.41, 5.74) is 0.189. The number of ether oxygens (including phenoxy) is 1. The van der Waals surface area contributed by atoms with E-state index in [0.29, 0.717) is 13.0 Å². The van der Waals surface area contributed by atoms with Crippen molar-refractivity contribution in [1.82, 2.24) is 0 Å². The quantitative estimate of drug-likeness (QED) is 0.276. The molecule has 1 rings (SSSR count). The third-order valence-corrected chi connectivity index (χ3v) is 13.5. The summed E-state index contributed by atoms with van der Waals surface area (Å²) in [5.74, 6) is 0.772. The number of rotatable bonds is 4. The fraction of sp³-hybridized carbons (Fsp3) is 0.792. The first-order chi connectivity index (χ1) is 12.4. The molecule has 0 fully saturated rings. The second-order valence-corrected chi connectivity index (χ2v) is 17.7. The highest BCUT2D eigenvalue weighted by Gasteiger charge is 2.64. The lowest BCUT2D eigenvalue weighted by atomic mass is 9.68. The Bertz CT molecular complexity index is 604. The Hall–Kier alpha value is -1.03. The van der Waals surface area contributed by atoms with E-state index in [4.69, 9.17) is 9.16 Å². The average Bonchev–Trinajstić information content (AvgIpc) is 2.46. The van der Waals surface area contributed by atoms with Crippen molar-refractivity contribution in [3.05, 3.63) is 24.0 Å². The minimum Gasteiger partial charge on any atom is -0.545 e. The first-order valence-electron chi connectivity index (χ1n) is 10.6. The van der Waals surface area contributed by atoms with Crippen molar-refractivity contribution in [2.24, 2.45) is 11.3 Å². The molecule has 0 aromatic carbocycles. The zero-order chi connectivity index (χ0) is 22.3. The third-order valence-electron chi connectivity index (χ3n) is 6.62. The molecule has 1 aliphatic carbocycles. The van der Waals surface area contributed by atoms with Crippen LogP contribution in [0.3, 0.4) is 0 Å². The molecule has 0 amide bonds. The monoisotopic (exact) mass is 408 g/mol. The van der Waals surface area contributed by atoms with Crippen LogP contribution in [0.15, 0.2) is 24.0 Å². The van der Waals surface area contributed by atoms with Crippen LogP contribution in [0.2, 0.25) is 15.1 Å². The summed E-state index contributed by atoms with van der Waals surface area (Å²) < 4.78 is 12.5. The molecule has 28 heavy (non-hydrogen) atoms. The summed E-state index contributed by atoms with van der Waals surface area (Å²) in [4.78, 5) is 12.7. The molecule has 0 heterocycles. The second-order valence-electron chi connectivity index (χ2n) is 11.7. The molecule has 0 aromatic heterocycles. The Morgan fingerprint density at radius 2 is 1.54 bits per heavy atom. The topological polar surface area (TPSA) is 35.5 Å². The van der Waals surface area contributed by atoms with Gasteiger partial charge in [-0.2, -0.15) is 0 Å². The molecule has 0 unspecified atom stereocenters. The van der Waals surface area contributed by atoms with Crippen LogP contribution < -0.4 is 0 Å². The van der Waals surface area contributed by atoms with E-state index in [-0.39, 0.29) is 27.0 Å². The molecule has 0 spiro atoms. The lowest BCUT2D eigenvalue weighted by molar-refractivity contribution is -0.154. The molecule has 1 aliphatic rings. The van der Waals surface area contributed by atoms with Crippen LogP contribution in [0, 0.1) is 11.3 Å². The Kier molecular flexibility index (Phi) is 6.84. The predicted molar refractivity (Wildman–Crippen MR) is 122 cm³/mol. The van der Waals surface area contributed by atoms with Gasteiger partial charge in [0.1, 0.15) is 0 Å². The van der Waals surface area contributed by atoms with Crippen molar-refractivity contribution < 1.29 is 14.0 Å². The van der Waals surface area contributed by atoms with Gasteiger partial charge in [-0.05, 0) is 41.0 Å². The second kappa shape index (κ2) is 7.66. The summed E-state index contributed by atoms with van der Waals surface area (Å²) in [6.45, 7) is 31.4. The van der Waals surface area contributed by atoms with Crippen molar-refractivity contribution in [2.45, 2.75) is 105 Å². The van der Waals surface area contributed by atoms with Gasteiger partial charge >= 0.3 is 5.97 Å². The Balaban J connectivity index is 3.48. The SMILES string of the molecule is C=C1CC(O[Si](C(C)(C)C)(C(C)(C)C)C(C)(C)C)=C[C@@H](C)[C@]1(C)C(=O)OCC. The lowest BCUT2D eigenvalue weighted by Gasteiger charge is -2.58. The maximum absolute atomic E-state index is 12.7. The lowest BCUT2D eigenvalue weighted by Crippen LogP contribution is -2.60. The van der Waals surface area contributed by atoms with Crippen LogP contribution in [-0.4, -0.2) is 20.9 Å². The number of allylic oxidation sites excluding steroid dienone is 2. The van der Waals surface area contributed by atoms with Gasteiger partial charge in [-0.15, -0.1) is 0 Å². The minimum absolute atomic E-state index is 0.0191. The summed E-state index contributed by atoms with van der Waals surface area (Å²) in [6, 6.07) is 0. The number of carbonyl (C=O) groups excluding carboxylic acids is 1. The number of esters is 1. The van der Waals surface area contributed by atoms with Crippen molar-refractivity contribution in [1.29, 1.82) is 0 Å². The minimum atomic E-state index is -2.36. The number of hydrogen-bond acceptors (Lipinski definition) is 3. The fourth-order valence-corrected chi connectivity index (χ4v) is 14.1. The van der Waals surface area contributed by atoms with E-state index < -0.39 is 13.7 Å². The van der Waals surface area contributed by atoms with Crippen molar-refractivity contribution in [2.75, 3.05) is 6.61 Å². The van der Waals surface area contributed by atoms with Crippen molar-refractivity contribution in [3.8, 4) is 0 Å². The maximum atomic E-state index is 12.7. The highest BCUT2D eigenvalue weighted by molar-refractivity contribution is 6.82. The van der Waals surface area contributed by atoms with E-state index >= 15 is 0 Å². The van der Waals surface area contributed by atoms with Crippen LogP contribution in [0.25, 0.3) is 0 Å². The zero-order valence-corrected chi connectivity index (χ0v) is 21.5. The Labute approximate surface area is 175 Å². The summed E-state index contributed by atoms with van der Waals surface area (Å²) in [5, 5.41) is 0.115. The highest BCUT2D eigenvalue weighted by atomic mass is 28.4. The van der Waals surface area contributed by atoms with Crippen LogP contribution in [-0.2, 0) is 14.0 Å². The molecule has 0 aliphatic heterocycles. The van der Waals surface area contributed by atoms with E-state index in [0.717, 1.165) is 11.3 Å². The molecule has 162 valence electrons. The Morgan fingerprint density at radius 1 is 1.11 bits per heavy atom. The average molecular weight is 409 g/mol. The van der Waals surface area contributed by atoms with Gasteiger partial charge in [-0.3, -0.25) is 4.79 Å².